The van der Waals surface area contributed by atoms with E-state index in [1.165, 1.54) is 0 Å². The average Bonchev–Trinajstić information content (AvgIpc) is 2.64. The molecule has 0 atom stereocenters. The summed E-state index contributed by atoms with van der Waals surface area (Å²) in [4.78, 5) is 0. The first-order valence-corrected chi connectivity index (χ1v) is 8.36. The second-order valence-corrected chi connectivity index (χ2v) is 6.19. The second kappa shape index (κ2) is 8.31. The van der Waals surface area contributed by atoms with Gasteiger partial charge in [-0.15, -0.1) is 0 Å². The monoisotopic (exact) mass is 358 g/mol. The molecule has 0 spiro atoms. The molecule has 0 radical (unpaired) electrons. The molecule has 2 aliphatic heterocycles. The highest BCUT2D eigenvalue weighted by Gasteiger charge is 2.34. The first-order chi connectivity index (χ1) is 12.1. The van der Waals surface area contributed by atoms with Crippen LogP contribution in [0.5, 0.6) is 0 Å². The Bertz CT molecular complexity index is 583. The van der Waals surface area contributed by atoms with E-state index >= 15 is 0 Å². The van der Waals surface area contributed by atoms with Crippen molar-refractivity contribution in [1.82, 2.24) is 0 Å². The molecule has 0 N–H and O–H groups in total. The van der Waals surface area contributed by atoms with Crippen LogP contribution in [0, 0.1) is 29.3 Å². The minimum atomic E-state index is -1.51. The van der Waals surface area contributed by atoms with E-state index in [1.54, 1.807) is 0 Å². The van der Waals surface area contributed by atoms with E-state index < -0.39 is 30.0 Å². The third-order valence-electron chi connectivity index (χ3n) is 4.18. The lowest BCUT2D eigenvalue weighted by molar-refractivity contribution is -0.280. The van der Waals surface area contributed by atoms with Crippen molar-refractivity contribution in [3.63, 3.8) is 0 Å². The van der Waals surface area contributed by atoms with Crippen LogP contribution in [0.4, 0.5) is 13.2 Å². The summed E-state index contributed by atoms with van der Waals surface area (Å²) in [6.45, 7) is 3.71. The molecule has 2 fully saturated rings. The Morgan fingerprint density at radius 2 is 1.56 bits per heavy atom. The van der Waals surface area contributed by atoms with Crippen LogP contribution >= 0.6 is 0 Å². The van der Waals surface area contributed by atoms with Crippen LogP contribution in [0.2, 0.25) is 0 Å². The van der Waals surface area contributed by atoms with Crippen LogP contribution in [0.25, 0.3) is 0 Å². The highest BCUT2D eigenvalue weighted by Crippen LogP contribution is 2.30. The molecule has 25 heavy (non-hydrogen) atoms. The molecule has 2 saturated heterocycles. The van der Waals surface area contributed by atoms with Crippen molar-refractivity contribution in [2.24, 2.45) is 11.8 Å². The van der Waals surface area contributed by atoms with Crippen molar-refractivity contribution in [2.75, 3.05) is 26.4 Å². The smallest absolute Gasteiger partial charge is 0.194 e. The minimum Gasteiger partial charge on any atom is -0.351 e. The van der Waals surface area contributed by atoms with Gasteiger partial charge in [-0.05, 0) is 18.6 Å². The summed E-state index contributed by atoms with van der Waals surface area (Å²) in [5.41, 5.74) is 0.102. The van der Waals surface area contributed by atoms with Gasteiger partial charge in [0.2, 0.25) is 0 Å². The number of benzene rings is 1. The molecule has 4 nitrogen and oxygen atoms in total. The summed E-state index contributed by atoms with van der Waals surface area (Å²) in [6, 6.07) is 1.75. The normalized spacial score (nSPS) is 30.7. The fourth-order valence-corrected chi connectivity index (χ4v) is 2.82. The van der Waals surface area contributed by atoms with Crippen molar-refractivity contribution >= 4 is 0 Å². The molecular weight excluding hydrogens is 337 g/mol. The first kappa shape index (κ1) is 18.4. The number of halogens is 3. The molecule has 0 unspecified atom stereocenters. The van der Waals surface area contributed by atoms with Crippen LogP contribution in [0.1, 0.15) is 25.2 Å². The molecule has 0 saturated carbocycles. The summed E-state index contributed by atoms with van der Waals surface area (Å²) in [7, 11) is 0. The maximum absolute atomic E-state index is 13.3. The van der Waals surface area contributed by atoms with Crippen molar-refractivity contribution < 1.29 is 32.1 Å². The Morgan fingerprint density at radius 1 is 0.960 bits per heavy atom. The van der Waals surface area contributed by atoms with Gasteiger partial charge in [0.25, 0.3) is 0 Å². The standard InChI is InChI=1S/C18H21F3O4/c1-2-3-4-11-7-22-18(23-8-11)13-9-24-17(25-10-13)12-5-14(19)16(21)15(20)6-12/h3-6,11,13,17-18H,2,7-10H2,1H3. The van der Waals surface area contributed by atoms with Gasteiger partial charge < -0.3 is 18.9 Å². The summed E-state index contributed by atoms with van der Waals surface area (Å²) < 4.78 is 62.1. The summed E-state index contributed by atoms with van der Waals surface area (Å²) in [5.74, 6) is -3.95. The molecular formula is C18H21F3O4. The molecule has 138 valence electrons. The predicted octanol–water partition coefficient (Wildman–Crippen LogP) is 3.72. The third-order valence-corrected chi connectivity index (χ3v) is 4.18. The third kappa shape index (κ3) is 4.41. The summed E-state index contributed by atoms with van der Waals surface area (Å²) >= 11 is 0. The zero-order chi connectivity index (χ0) is 17.8. The van der Waals surface area contributed by atoms with Crippen molar-refractivity contribution in [1.29, 1.82) is 0 Å². The maximum Gasteiger partial charge on any atom is 0.194 e. The maximum atomic E-state index is 13.3. The van der Waals surface area contributed by atoms with E-state index in [-0.39, 0.29) is 30.6 Å². The van der Waals surface area contributed by atoms with Crippen LogP contribution < -0.4 is 0 Å². The molecule has 0 aromatic heterocycles. The largest absolute Gasteiger partial charge is 0.351 e. The molecule has 0 amide bonds. The molecule has 0 aliphatic carbocycles. The average molecular weight is 358 g/mol. The molecule has 1 aromatic rings. The lowest BCUT2D eigenvalue weighted by Gasteiger charge is -2.37. The number of hydrogen-bond donors (Lipinski definition) is 0. The van der Waals surface area contributed by atoms with Gasteiger partial charge in [0.05, 0.1) is 32.3 Å². The fourth-order valence-electron chi connectivity index (χ4n) is 2.82. The van der Waals surface area contributed by atoms with E-state index in [4.69, 9.17) is 18.9 Å². The quantitative estimate of drug-likeness (QED) is 0.607. The van der Waals surface area contributed by atoms with Crippen LogP contribution in [-0.2, 0) is 18.9 Å². The first-order valence-electron chi connectivity index (χ1n) is 8.36. The summed E-state index contributed by atoms with van der Waals surface area (Å²) in [6.07, 6.45) is 3.75. The summed E-state index contributed by atoms with van der Waals surface area (Å²) in [5, 5.41) is 0. The SMILES string of the molecule is CCC=CC1COC(C2COC(c3cc(F)c(F)c(F)c3)OC2)OC1. The van der Waals surface area contributed by atoms with E-state index in [2.05, 4.69) is 19.1 Å². The number of allylic oxidation sites excluding steroid dienone is 1. The van der Waals surface area contributed by atoms with Gasteiger partial charge in [0.1, 0.15) is 0 Å². The van der Waals surface area contributed by atoms with Gasteiger partial charge in [0, 0.05) is 11.5 Å². The zero-order valence-electron chi connectivity index (χ0n) is 13.9. The number of rotatable bonds is 4. The highest BCUT2D eigenvalue weighted by molar-refractivity contribution is 5.20. The zero-order valence-corrected chi connectivity index (χ0v) is 13.9. The van der Waals surface area contributed by atoms with Gasteiger partial charge >= 0.3 is 0 Å². The van der Waals surface area contributed by atoms with Gasteiger partial charge in [-0.3, -0.25) is 0 Å². The predicted molar refractivity (Wildman–Crippen MR) is 83.1 cm³/mol. The van der Waals surface area contributed by atoms with Gasteiger partial charge in [-0.2, -0.15) is 0 Å². The van der Waals surface area contributed by atoms with Crippen LogP contribution in [-0.4, -0.2) is 32.7 Å². The van der Waals surface area contributed by atoms with E-state index in [1.807, 2.05) is 0 Å². The number of hydrogen-bond acceptors (Lipinski definition) is 4. The van der Waals surface area contributed by atoms with Gasteiger partial charge in [-0.25, -0.2) is 13.2 Å². The molecule has 2 aliphatic rings. The Hall–Kier alpha value is -1.41. The lowest BCUT2D eigenvalue weighted by atomic mass is 10.1. The van der Waals surface area contributed by atoms with Crippen molar-refractivity contribution in [3.05, 3.63) is 47.3 Å². The second-order valence-electron chi connectivity index (χ2n) is 6.19. The Morgan fingerprint density at radius 3 is 2.12 bits per heavy atom. The topological polar surface area (TPSA) is 36.9 Å². The van der Waals surface area contributed by atoms with Crippen LogP contribution in [0.15, 0.2) is 24.3 Å². The van der Waals surface area contributed by atoms with Crippen molar-refractivity contribution in [3.8, 4) is 0 Å². The Labute approximate surface area is 144 Å². The molecule has 3 rings (SSSR count). The molecule has 0 bridgehead atoms. The van der Waals surface area contributed by atoms with E-state index in [0.29, 0.717) is 13.2 Å². The van der Waals surface area contributed by atoms with Crippen LogP contribution in [0.3, 0.4) is 0 Å². The molecule has 2 heterocycles. The molecule has 7 heteroatoms. The Balaban J connectivity index is 1.52. The lowest BCUT2D eigenvalue weighted by Crippen LogP contribution is -2.42. The van der Waals surface area contributed by atoms with Gasteiger partial charge in [0.15, 0.2) is 30.0 Å². The van der Waals surface area contributed by atoms with Crippen molar-refractivity contribution in [2.45, 2.75) is 25.9 Å². The number of ether oxygens (including phenoxy) is 4. The highest BCUT2D eigenvalue weighted by atomic mass is 19.2. The van der Waals surface area contributed by atoms with Gasteiger partial charge in [-0.1, -0.05) is 19.1 Å². The Kier molecular flexibility index (Phi) is 6.11. The molecule has 1 aromatic carbocycles. The van der Waals surface area contributed by atoms with E-state index in [9.17, 15) is 13.2 Å². The van der Waals surface area contributed by atoms with E-state index in [0.717, 1.165) is 18.6 Å². The fraction of sp³-hybridized carbons (Fsp3) is 0.556. The minimum absolute atomic E-state index is 0.102.